The number of phenols is 1. The first-order chi connectivity index (χ1) is 16.3. The number of ketones is 1. The molecule has 0 radical (unpaired) electrons. The smallest absolute Gasteiger partial charge is 0.311 e. The number of likely N-dealkylation sites (tertiary alicyclic amines) is 1. The van der Waals surface area contributed by atoms with E-state index in [0.29, 0.717) is 17.9 Å². The molecule has 1 saturated heterocycles. The van der Waals surface area contributed by atoms with Gasteiger partial charge in [-0.05, 0) is 28.5 Å². The number of Topliss-reactive ketones (excluding diaryl/α,β-unsaturated/α-hetero) is 1. The Morgan fingerprint density at radius 2 is 1.60 bits per heavy atom. The van der Waals surface area contributed by atoms with Gasteiger partial charge in [0.25, 0.3) is 0 Å². The van der Waals surface area contributed by atoms with Crippen LogP contribution in [0.4, 0.5) is 0 Å². The van der Waals surface area contributed by atoms with Crippen molar-refractivity contribution in [2.45, 2.75) is 58.3 Å². The van der Waals surface area contributed by atoms with Gasteiger partial charge in [-0.2, -0.15) is 4.02 Å². The van der Waals surface area contributed by atoms with Crippen molar-refractivity contribution in [1.29, 1.82) is 0 Å². The molecule has 1 aliphatic heterocycles. The normalized spacial score (nSPS) is 19.8. The number of esters is 1. The Morgan fingerprint density at radius 1 is 1.06 bits per heavy atom. The van der Waals surface area contributed by atoms with Crippen LogP contribution < -0.4 is 0 Å². The molecule has 35 heavy (non-hydrogen) atoms. The van der Waals surface area contributed by atoms with Crippen molar-refractivity contribution in [1.82, 2.24) is 4.90 Å². The van der Waals surface area contributed by atoms with Gasteiger partial charge in [-0.15, -0.1) is 0 Å². The third-order valence-electron chi connectivity index (χ3n) is 6.55. The third kappa shape index (κ3) is 5.61. The number of rotatable bonds is 5. The van der Waals surface area contributed by atoms with Gasteiger partial charge in [0.15, 0.2) is 5.78 Å². The molecule has 0 bridgehead atoms. The van der Waals surface area contributed by atoms with Crippen molar-refractivity contribution in [3.05, 3.63) is 64.7 Å². The van der Waals surface area contributed by atoms with Crippen LogP contribution in [0.3, 0.4) is 0 Å². The van der Waals surface area contributed by atoms with Crippen LogP contribution in [0.1, 0.15) is 74.5 Å². The number of phenolic OH excluding ortho intramolecular Hbond substituents is 1. The molecule has 1 N–H and O–H groups in total. The Kier molecular flexibility index (Phi) is 7.80. The number of carbonyl (C=O) groups is 2. The van der Waals surface area contributed by atoms with Crippen LogP contribution in [0.15, 0.2) is 46.5 Å². The van der Waals surface area contributed by atoms with E-state index in [9.17, 15) is 14.7 Å². The van der Waals surface area contributed by atoms with E-state index in [-0.39, 0.29) is 40.8 Å². The summed E-state index contributed by atoms with van der Waals surface area (Å²) in [5.74, 6) is -0.400. The first kappa shape index (κ1) is 26.9. The predicted octanol–water partition coefficient (Wildman–Crippen LogP) is 5.77. The Labute approximate surface area is 216 Å². The van der Waals surface area contributed by atoms with Gasteiger partial charge in [0.05, 0.1) is 41.6 Å². The molecule has 0 unspecified atom stereocenters. The first-order valence-corrected chi connectivity index (χ1v) is 12.5. The highest BCUT2D eigenvalue weighted by atomic mass is 79.9. The Balaban J connectivity index is 2.01. The number of carbonyl (C=O) groups excluding carboxylic acids is 2. The van der Waals surface area contributed by atoms with Crippen LogP contribution in [-0.4, -0.2) is 47.8 Å². The van der Waals surface area contributed by atoms with E-state index in [1.807, 2.05) is 76.8 Å². The molecule has 7 heteroatoms. The molecule has 0 aliphatic carbocycles. The monoisotopic (exact) mass is 542 g/mol. The second kappa shape index (κ2) is 10.1. The van der Waals surface area contributed by atoms with Gasteiger partial charge in [0.1, 0.15) is 11.6 Å². The number of hydrogen-bond acceptors (Lipinski definition) is 5. The quantitative estimate of drug-likeness (QED) is 0.383. The van der Waals surface area contributed by atoms with E-state index in [4.69, 9.17) is 4.74 Å². The summed E-state index contributed by atoms with van der Waals surface area (Å²) in [5.41, 5.74) is 2.25. The standard InChI is InChI=1S/C28H35BrN2O4/c1-27(2,3)20-13-18(14-21(24(20)33)28(4,5)6)22(32)16-31-15-19(26(34)35-7)23(25(31)30-29)17-11-9-8-10-12-17/h8-14,19,23,33H,15-16H2,1-7H3/b30-25-/t19-,23+/m0/s1. The SMILES string of the molecule is COC(=O)[C@H]1CN(CC(=O)c2cc(C(C)(C)C)c(O)c(C(C)(C)C)c2)/C(=N\Br)[C@@H]1c1ccccc1. The van der Waals surface area contributed by atoms with E-state index in [0.717, 1.165) is 16.7 Å². The summed E-state index contributed by atoms with van der Waals surface area (Å²) >= 11 is 3.23. The Bertz CT molecular complexity index is 1090. The number of aromatic hydroxyl groups is 1. The van der Waals surface area contributed by atoms with Crippen LogP contribution in [0.25, 0.3) is 0 Å². The average Bonchev–Trinajstić information content (AvgIpc) is 3.15. The lowest BCUT2D eigenvalue weighted by molar-refractivity contribution is -0.145. The summed E-state index contributed by atoms with van der Waals surface area (Å²) in [4.78, 5) is 28.1. The first-order valence-electron chi connectivity index (χ1n) is 11.8. The molecule has 188 valence electrons. The fraction of sp³-hybridized carbons (Fsp3) is 0.464. The lowest BCUT2D eigenvalue weighted by Crippen LogP contribution is -2.33. The van der Waals surface area contributed by atoms with Crippen molar-refractivity contribution < 1.29 is 19.4 Å². The lowest BCUT2D eigenvalue weighted by Gasteiger charge is -2.28. The van der Waals surface area contributed by atoms with Gasteiger partial charge < -0.3 is 14.7 Å². The van der Waals surface area contributed by atoms with Gasteiger partial charge in [-0.1, -0.05) is 71.9 Å². The molecule has 1 heterocycles. The lowest BCUT2D eigenvalue weighted by atomic mass is 9.78. The third-order valence-corrected chi connectivity index (χ3v) is 6.92. The van der Waals surface area contributed by atoms with Gasteiger partial charge >= 0.3 is 5.97 Å². The summed E-state index contributed by atoms with van der Waals surface area (Å²) in [6, 6.07) is 13.2. The number of halogens is 1. The van der Waals surface area contributed by atoms with Crippen molar-refractivity contribution in [2.75, 3.05) is 20.2 Å². The van der Waals surface area contributed by atoms with Gasteiger partial charge in [0.2, 0.25) is 0 Å². The highest BCUT2D eigenvalue weighted by Crippen LogP contribution is 2.40. The molecular weight excluding hydrogens is 508 g/mol. The van der Waals surface area contributed by atoms with E-state index < -0.39 is 5.92 Å². The number of methoxy groups -OCH3 is 1. The average molecular weight is 544 g/mol. The fourth-order valence-corrected chi connectivity index (χ4v) is 5.12. The second-order valence-electron chi connectivity index (χ2n) is 11.2. The van der Waals surface area contributed by atoms with E-state index >= 15 is 0 Å². The fourth-order valence-electron chi connectivity index (χ4n) is 4.67. The minimum atomic E-state index is -0.485. The van der Waals surface area contributed by atoms with Crippen molar-refractivity contribution >= 4 is 33.7 Å². The van der Waals surface area contributed by atoms with Gasteiger partial charge in [-0.25, -0.2) is 0 Å². The maximum atomic E-state index is 13.6. The minimum absolute atomic E-state index is 0.0548. The maximum Gasteiger partial charge on any atom is 0.311 e. The zero-order valence-corrected chi connectivity index (χ0v) is 23.1. The van der Waals surface area contributed by atoms with Crippen molar-refractivity contribution in [3.8, 4) is 5.75 Å². The summed E-state index contributed by atoms with van der Waals surface area (Å²) < 4.78 is 9.41. The molecule has 0 spiro atoms. The highest BCUT2D eigenvalue weighted by Gasteiger charge is 2.44. The molecule has 2 aromatic carbocycles. The Hall–Kier alpha value is -2.67. The number of amidine groups is 1. The molecule has 2 aromatic rings. The summed E-state index contributed by atoms with van der Waals surface area (Å²) in [7, 11) is 1.38. The predicted molar refractivity (Wildman–Crippen MR) is 142 cm³/mol. The second-order valence-corrected chi connectivity index (χ2v) is 11.5. The summed E-state index contributed by atoms with van der Waals surface area (Å²) in [5, 5.41) is 11.0. The summed E-state index contributed by atoms with van der Waals surface area (Å²) in [6.45, 7) is 12.5. The molecule has 0 amide bonds. The van der Waals surface area contributed by atoms with Crippen molar-refractivity contribution in [3.63, 3.8) is 0 Å². The molecule has 0 aromatic heterocycles. The topological polar surface area (TPSA) is 79.2 Å². The number of ether oxygens (including phenoxy) is 1. The van der Waals surface area contributed by atoms with E-state index in [2.05, 4.69) is 20.2 Å². The maximum absolute atomic E-state index is 13.6. The largest absolute Gasteiger partial charge is 0.507 e. The zero-order chi connectivity index (χ0) is 26.1. The minimum Gasteiger partial charge on any atom is -0.507 e. The number of hydrogen-bond donors (Lipinski definition) is 1. The van der Waals surface area contributed by atoms with Gasteiger partial charge in [0, 0.05) is 23.2 Å². The van der Waals surface area contributed by atoms with Gasteiger partial charge in [-0.3, -0.25) is 9.59 Å². The molecule has 1 aliphatic rings. The van der Waals surface area contributed by atoms with Crippen LogP contribution in [0.2, 0.25) is 0 Å². The molecular formula is C28H35BrN2O4. The molecule has 0 saturated carbocycles. The molecule has 3 rings (SSSR count). The molecule has 1 fully saturated rings. The Morgan fingerprint density at radius 3 is 2.06 bits per heavy atom. The number of benzene rings is 2. The van der Waals surface area contributed by atoms with E-state index in [1.165, 1.54) is 7.11 Å². The zero-order valence-electron chi connectivity index (χ0n) is 21.6. The van der Waals surface area contributed by atoms with Crippen LogP contribution >= 0.6 is 16.1 Å². The van der Waals surface area contributed by atoms with Crippen LogP contribution in [0.5, 0.6) is 5.75 Å². The summed E-state index contributed by atoms with van der Waals surface area (Å²) in [6.07, 6.45) is 0. The number of nitrogens with zero attached hydrogens (tertiary/aromatic N) is 2. The highest BCUT2D eigenvalue weighted by molar-refractivity contribution is 9.08. The van der Waals surface area contributed by atoms with Crippen LogP contribution in [-0.2, 0) is 20.4 Å². The van der Waals surface area contributed by atoms with E-state index in [1.54, 1.807) is 12.1 Å². The molecule has 6 nitrogen and oxygen atoms in total. The van der Waals surface area contributed by atoms with Crippen molar-refractivity contribution in [2.24, 2.45) is 9.94 Å². The molecule has 2 atom stereocenters. The van der Waals surface area contributed by atoms with Crippen LogP contribution in [0, 0.1) is 5.92 Å².